The molecule has 2 aromatic carbocycles. The third-order valence-electron chi connectivity index (χ3n) is 3.55. The maximum Gasteiger partial charge on any atom is 0.251 e. The Kier molecular flexibility index (Phi) is 5.41. The third kappa shape index (κ3) is 4.00. The van der Waals surface area contributed by atoms with Crippen molar-refractivity contribution in [2.75, 3.05) is 12.3 Å². The number of anilines is 1. The molecule has 1 atom stereocenters. The standard InChI is InChI=1S/C17H20ClN3O/c1-11-5-6-13(10-15(11)20)17(22)21-16(7-8-19)12-3-2-4-14(18)9-12/h2-6,9-10,16H,7-8,19-20H2,1H3,(H,21,22). The molecule has 0 radical (unpaired) electrons. The number of halogens is 1. The number of rotatable bonds is 5. The highest BCUT2D eigenvalue weighted by atomic mass is 35.5. The highest BCUT2D eigenvalue weighted by molar-refractivity contribution is 6.30. The molecule has 0 bridgehead atoms. The van der Waals surface area contributed by atoms with E-state index >= 15 is 0 Å². The zero-order valence-electron chi connectivity index (χ0n) is 12.5. The van der Waals surface area contributed by atoms with Gasteiger partial charge in [-0.2, -0.15) is 0 Å². The van der Waals surface area contributed by atoms with E-state index in [0.29, 0.717) is 29.2 Å². The first-order valence-corrected chi connectivity index (χ1v) is 7.51. The van der Waals surface area contributed by atoms with E-state index in [4.69, 9.17) is 23.1 Å². The minimum Gasteiger partial charge on any atom is -0.398 e. The Hall–Kier alpha value is -2.04. The number of nitrogen functional groups attached to an aromatic ring is 1. The van der Waals surface area contributed by atoms with Crippen LogP contribution in [0.4, 0.5) is 5.69 Å². The van der Waals surface area contributed by atoms with Crippen LogP contribution in [0.1, 0.15) is 33.9 Å². The van der Waals surface area contributed by atoms with E-state index in [1.54, 1.807) is 18.2 Å². The number of benzene rings is 2. The first-order chi connectivity index (χ1) is 10.5. The lowest BCUT2D eigenvalue weighted by Gasteiger charge is -2.19. The fourth-order valence-electron chi connectivity index (χ4n) is 2.24. The van der Waals surface area contributed by atoms with Gasteiger partial charge in [0.2, 0.25) is 0 Å². The van der Waals surface area contributed by atoms with Gasteiger partial charge in [0, 0.05) is 16.3 Å². The van der Waals surface area contributed by atoms with Crippen LogP contribution in [0.25, 0.3) is 0 Å². The van der Waals surface area contributed by atoms with E-state index < -0.39 is 0 Å². The Balaban J connectivity index is 2.20. The van der Waals surface area contributed by atoms with Crippen molar-refractivity contribution >= 4 is 23.2 Å². The summed E-state index contributed by atoms with van der Waals surface area (Å²) < 4.78 is 0. The van der Waals surface area contributed by atoms with Gasteiger partial charge in [-0.15, -0.1) is 0 Å². The molecular weight excluding hydrogens is 298 g/mol. The molecule has 0 aliphatic heterocycles. The molecule has 0 aliphatic carbocycles. The van der Waals surface area contributed by atoms with E-state index in [1.165, 1.54) is 0 Å². The topological polar surface area (TPSA) is 81.1 Å². The van der Waals surface area contributed by atoms with Gasteiger partial charge >= 0.3 is 0 Å². The minimum atomic E-state index is -0.182. The largest absolute Gasteiger partial charge is 0.398 e. The molecular formula is C17H20ClN3O. The summed E-state index contributed by atoms with van der Waals surface area (Å²) in [6.07, 6.45) is 0.632. The summed E-state index contributed by atoms with van der Waals surface area (Å²) in [5, 5.41) is 3.62. The van der Waals surface area contributed by atoms with Crippen molar-refractivity contribution in [2.24, 2.45) is 5.73 Å². The van der Waals surface area contributed by atoms with E-state index in [-0.39, 0.29) is 11.9 Å². The van der Waals surface area contributed by atoms with Crippen molar-refractivity contribution < 1.29 is 4.79 Å². The Morgan fingerprint density at radius 2 is 2.05 bits per heavy atom. The fraction of sp³-hybridized carbons (Fsp3) is 0.235. The Labute approximate surface area is 135 Å². The molecule has 5 N–H and O–H groups in total. The van der Waals surface area contributed by atoms with Crippen molar-refractivity contribution in [3.8, 4) is 0 Å². The number of nitrogens with two attached hydrogens (primary N) is 2. The molecule has 0 spiro atoms. The summed E-state index contributed by atoms with van der Waals surface area (Å²) in [5.41, 5.74) is 14.5. The Morgan fingerprint density at radius 1 is 1.27 bits per heavy atom. The number of carbonyl (C=O) groups excluding carboxylic acids is 1. The summed E-state index contributed by atoms with van der Waals surface area (Å²) in [6.45, 7) is 2.37. The monoisotopic (exact) mass is 317 g/mol. The van der Waals surface area contributed by atoms with Crippen LogP contribution < -0.4 is 16.8 Å². The third-order valence-corrected chi connectivity index (χ3v) is 3.79. The van der Waals surface area contributed by atoms with Crippen LogP contribution in [0.3, 0.4) is 0 Å². The number of carbonyl (C=O) groups is 1. The molecule has 1 amide bonds. The lowest BCUT2D eigenvalue weighted by Crippen LogP contribution is -2.30. The van der Waals surface area contributed by atoms with Crippen LogP contribution in [0, 0.1) is 6.92 Å². The van der Waals surface area contributed by atoms with Crippen LogP contribution in [0.15, 0.2) is 42.5 Å². The summed E-state index contributed by atoms with van der Waals surface area (Å²) in [4.78, 5) is 12.4. The molecule has 22 heavy (non-hydrogen) atoms. The number of hydrogen-bond donors (Lipinski definition) is 3. The second-order valence-electron chi connectivity index (χ2n) is 5.23. The quantitative estimate of drug-likeness (QED) is 0.741. The van der Waals surface area contributed by atoms with Gasteiger partial charge in [-0.25, -0.2) is 0 Å². The zero-order chi connectivity index (χ0) is 16.1. The van der Waals surface area contributed by atoms with Gasteiger partial charge in [-0.05, 0) is 55.3 Å². The van der Waals surface area contributed by atoms with E-state index in [2.05, 4.69) is 5.32 Å². The van der Waals surface area contributed by atoms with Crippen LogP contribution in [-0.2, 0) is 0 Å². The predicted molar refractivity (Wildman–Crippen MR) is 90.9 cm³/mol. The fourth-order valence-corrected chi connectivity index (χ4v) is 2.43. The normalized spacial score (nSPS) is 12.0. The molecule has 0 saturated carbocycles. The van der Waals surface area contributed by atoms with Gasteiger partial charge in [0.1, 0.15) is 0 Å². The highest BCUT2D eigenvalue weighted by Gasteiger charge is 2.16. The van der Waals surface area contributed by atoms with Crippen molar-refractivity contribution in [1.82, 2.24) is 5.32 Å². The zero-order valence-corrected chi connectivity index (χ0v) is 13.2. The lowest BCUT2D eigenvalue weighted by atomic mass is 10.0. The summed E-state index contributed by atoms with van der Waals surface area (Å²) in [6, 6.07) is 12.5. The molecule has 1 unspecified atom stereocenters. The Bertz CT molecular complexity index is 673. The summed E-state index contributed by atoms with van der Waals surface area (Å²) in [5.74, 6) is -0.176. The molecule has 0 saturated heterocycles. The predicted octanol–water partition coefficient (Wildman–Crippen LogP) is 3.05. The van der Waals surface area contributed by atoms with Crippen molar-refractivity contribution in [3.63, 3.8) is 0 Å². The highest BCUT2D eigenvalue weighted by Crippen LogP contribution is 2.21. The summed E-state index contributed by atoms with van der Waals surface area (Å²) in [7, 11) is 0. The SMILES string of the molecule is Cc1ccc(C(=O)NC(CCN)c2cccc(Cl)c2)cc1N. The molecule has 0 fully saturated rings. The molecule has 0 aromatic heterocycles. The maximum absolute atomic E-state index is 12.4. The molecule has 4 nitrogen and oxygen atoms in total. The van der Waals surface area contributed by atoms with Gasteiger partial charge in [-0.1, -0.05) is 29.8 Å². The summed E-state index contributed by atoms with van der Waals surface area (Å²) >= 11 is 6.02. The molecule has 2 aromatic rings. The second-order valence-corrected chi connectivity index (χ2v) is 5.67. The average Bonchev–Trinajstić information content (AvgIpc) is 2.49. The second kappa shape index (κ2) is 7.29. The number of amides is 1. The first-order valence-electron chi connectivity index (χ1n) is 7.14. The van der Waals surface area contributed by atoms with E-state index in [1.807, 2.05) is 31.2 Å². The molecule has 116 valence electrons. The van der Waals surface area contributed by atoms with Crippen LogP contribution >= 0.6 is 11.6 Å². The molecule has 5 heteroatoms. The van der Waals surface area contributed by atoms with Gasteiger partial charge in [0.25, 0.3) is 5.91 Å². The van der Waals surface area contributed by atoms with Crippen molar-refractivity contribution in [3.05, 3.63) is 64.2 Å². The van der Waals surface area contributed by atoms with Gasteiger partial charge in [0.05, 0.1) is 6.04 Å². The molecule has 0 aliphatic rings. The van der Waals surface area contributed by atoms with Gasteiger partial charge in [-0.3, -0.25) is 4.79 Å². The minimum absolute atomic E-state index is 0.176. The smallest absolute Gasteiger partial charge is 0.251 e. The molecule has 0 heterocycles. The maximum atomic E-state index is 12.4. The van der Waals surface area contributed by atoms with Crippen LogP contribution in [0.5, 0.6) is 0 Å². The molecule has 2 rings (SSSR count). The van der Waals surface area contributed by atoms with Crippen molar-refractivity contribution in [1.29, 1.82) is 0 Å². The number of aryl methyl sites for hydroxylation is 1. The lowest BCUT2D eigenvalue weighted by molar-refractivity contribution is 0.0935. The Morgan fingerprint density at radius 3 is 2.68 bits per heavy atom. The number of hydrogen-bond acceptors (Lipinski definition) is 3. The first kappa shape index (κ1) is 16.3. The van der Waals surface area contributed by atoms with Gasteiger partial charge < -0.3 is 16.8 Å². The van der Waals surface area contributed by atoms with E-state index in [9.17, 15) is 4.79 Å². The van der Waals surface area contributed by atoms with E-state index in [0.717, 1.165) is 11.1 Å². The van der Waals surface area contributed by atoms with Gasteiger partial charge in [0.15, 0.2) is 0 Å². The van der Waals surface area contributed by atoms with Crippen LogP contribution in [-0.4, -0.2) is 12.5 Å². The average molecular weight is 318 g/mol. The van der Waals surface area contributed by atoms with Crippen LogP contribution in [0.2, 0.25) is 5.02 Å². The number of nitrogens with one attached hydrogen (secondary N) is 1. The van der Waals surface area contributed by atoms with Crippen molar-refractivity contribution in [2.45, 2.75) is 19.4 Å².